The molecule has 0 aliphatic carbocycles. The summed E-state index contributed by atoms with van der Waals surface area (Å²) >= 11 is 0. The molecule has 0 bridgehead atoms. The Hall–Kier alpha value is -1.91. The lowest BCUT2D eigenvalue weighted by molar-refractivity contribution is 0.139. The molecular weight excluding hydrogens is 194 g/mol. The lowest BCUT2D eigenvalue weighted by Crippen LogP contribution is -2.31. The molecular formula is C10H11N3O2. The second-order valence-corrected chi connectivity index (χ2v) is 3.40. The monoisotopic (exact) mass is 205 g/mol. The van der Waals surface area contributed by atoms with Gasteiger partial charge in [-0.25, -0.2) is 4.79 Å². The molecule has 0 radical (unpaired) electrons. The van der Waals surface area contributed by atoms with E-state index < -0.39 is 12.3 Å². The molecule has 1 unspecified atom stereocenters. The molecule has 2 rings (SSSR count). The molecule has 0 saturated carbocycles. The zero-order valence-electron chi connectivity index (χ0n) is 8.29. The number of rotatable bonds is 1. The van der Waals surface area contributed by atoms with Crippen LogP contribution >= 0.6 is 0 Å². The normalized spacial score (nSPS) is 20.2. The predicted octanol–water partition coefficient (Wildman–Crippen LogP) is 1.53. The third-order valence-corrected chi connectivity index (χ3v) is 2.24. The van der Waals surface area contributed by atoms with E-state index in [0.717, 1.165) is 5.71 Å². The molecule has 0 saturated heterocycles. The van der Waals surface area contributed by atoms with E-state index in [-0.39, 0.29) is 0 Å². The van der Waals surface area contributed by atoms with Gasteiger partial charge in [-0.15, -0.1) is 0 Å². The molecule has 5 heteroatoms. The van der Waals surface area contributed by atoms with Crippen LogP contribution in [0.5, 0.6) is 0 Å². The molecule has 1 aromatic heterocycles. The van der Waals surface area contributed by atoms with Crippen molar-refractivity contribution in [1.82, 2.24) is 9.88 Å². The SMILES string of the molecule is CC1=NC(c2ccccn2)N(C(=O)O)C1. The topological polar surface area (TPSA) is 65.8 Å². The van der Waals surface area contributed by atoms with Gasteiger partial charge in [0.25, 0.3) is 0 Å². The average molecular weight is 205 g/mol. The maximum atomic E-state index is 11.0. The van der Waals surface area contributed by atoms with Crippen LogP contribution in [-0.2, 0) is 0 Å². The summed E-state index contributed by atoms with van der Waals surface area (Å²) < 4.78 is 0. The van der Waals surface area contributed by atoms with E-state index in [1.54, 1.807) is 18.3 Å². The van der Waals surface area contributed by atoms with Crippen LogP contribution in [0.25, 0.3) is 0 Å². The summed E-state index contributed by atoms with van der Waals surface area (Å²) in [6.07, 6.45) is 0.188. The van der Waals surface area contributed by atoms with Crippen LogP contribution in [0, 0.1) is 0 Å². The van der Waals surface area contributed by atoms with E-state index >= 15 is 0 Å². The van der Waals surface area contributed by atoms with Gasteiger partial charge in [-0.05, 0) is 19.1 Å². The number of hydrogen-bond acceptors (Lipinski definition) is 3. The molecule has 0 spiro atoms. The van der Waals surface area contributed by atoms with Crippen molar-refractivity contribution in [2.75, 3.05) is 6.54 Å². The van der Waals surface area contributed by atoms with Gasteiger partial charge in [0.15, 0.2) is 6.17 Å². The highest BCUT2D eigenvalue weighted by Gasteiger charge is 2.30. The van der Waals surface area contributed by atoms with Gasteiger partial charge in [-0.3, -0.25) is 14.9 Å². The van der Waals surface area contributed by atoms with Crippen molar-refractivity contribution in [3.8, 4) is 0 Å². The average Bonchev–Trinajstić information content (AvgIpc) is 2.62. The molecule has 1 N–H and O–H groups in total. The zero-order chi connectivity index (χ0) is 10.8. The summed E-state index contributed by atoms with van der Waals surface area (Å²) in [5.41, 5.74) is 1.48. The third kappa shape index (κ3) is 1.81. The Morgan fingerprint density at radius 2 is 2.40 bits per heavy atom. The van der Waals surface area contributed by atoms with E-state index in [1.165, 1.54) is 4.90 Å². The number of aliphatic imine (C=N–C) groups is 1. The zero-order valence-corrected chi connectivity index (χ0v) is 8.29. The van der Waals surface area contributed by atoms with E-state index in [0.29, 0.717) is 12.2 Å². The van der Waals surface area contributed by atoms with Crippen molar-refractivity contribution in [3.63, 3.8) is 0 Å². The number of amides is 1. The number of aromatic nitrogens is 1. The van der Waals surface area contributed by atoms with Gasteiger partial charge in [0, 0.05) is 11.9 Å². The molecule has 1 aromatic rings. The molecule has 1 aliphatic rings. The maximum Gasteiger partial charge on any atom is 0.409 e. The molecule has 1 aliphatic heterocycles. The Morgan fingerprint density at radius 3 is 3.00 bits per heavy atom. The second-order valence-electron chi connectivity index (χ2n) is 3.40. The first kappa shape index (κ1) is 9.64. The van der Waals surface area contributed by atoms with Crippen LogP contribution in [0.2, 0.25) is 0 Å². The third-order valence-electron chi connectivity index (χ3n) is 2.24. The minimum absolute atomic E-state index is 0.358. The highest BCUT2D eigenvalue weighted by Crippen LogP contribution is 2.25. The first-order chi connectivity index (χ1) is 7.18. The molecule has 0 aromatic carbocycles. The van der Waals surface area contributed by atoms with Crippen molar-refractivity contribution >= 4 is 11.8 Å². The van der Waals surface area contributed by atoms with E-state index in [9.17, 15) is 4.79 Å². The van der Waals surface area contributed by atoms with E-state index in [1.807, 2.05) is 13.0 Å². The van der Waals surface area contributed by atoms with Crippen molar-refractivity contribution in [2.24, 2.45) is 4.99 Å². The fourth-order valence-electron chi connectivity index (χ4n) is 1.58. The van der Waals surface area contributed by atoms with Gasteiger partial charge in [0.1, 0.15) is 0 Å². The molecule has 0 fully saturated rings. The van der Waals surface area contributed by atoms with Crippen molar-refractivity contribution in [2.45, 2.75) is 13.1 Å². The van der Waals surface area contributed by atoms with Crippen LogP contribution in [-0.4, -0.2) is 33.3 Å². The largest absolute Gasteiger partial charge is 0.465 e. The molecule has 1 amide bonds. The minimum atomic E-state index is -0.966. The lowest BCUT2D eigenvalue weighted by atomic mass is 10.3. The van der Waals surface area contributed by atoms with Gasteiger partial charge in [0.05, 0.1) is 12.2 Å². The first-order valence-electron chi connectivity index (χ1n) is 4.62. The van der Waals surface area contributed by atoms with Crippen LogP contribution in [0.15, 0.2) is 29.4 Å². The summed E-state index contributed by atoms with van der Waals surface area (Å²) in [4.78, 5) is 20.6. The summed E-state index contributed by atoms with van der Waals surface area (Å²) in [6.45, 7) is 2.18. The fourth-order valence-corrected chi connectivity index (χ4v) is 1.58. The van der Waals surface area contributed by atoms with Gasteiger partial charge < -0.3 is 5.11 Å². The Labute approximate surface area is 87.1 Å². The van der Waals surface area contributed by atoms with Crippen molar-refractivity contribution < 1.29 is 9.90 Å². The summed E-state index contributed by atoms with van der Waals surface area (Å²) in [6, 6.07) is 5.40. The number of carbonyl (C=O) groups is 1. The van der Waals surface area contributed by atoms with Gasteiger partial charge in [0.2, 0.25) is 0 Å². The van der Waals surface area contributed by atoms with E-state index in [4.69, 9.17) is 5.11 Å². The Kier molecular flexibility index (Phi) is 2.37. The summed E-state index contributed by atoms with van der Waals surface area (Å²) in [5.74, 6) is 0. The van der Waals surface area contributed by atoms with Crippen LogP contribution in [0.4, 0.5) is 4.79 Å². The predicted molar refractivity (Wildman–Crippen MR) is 54.8 cm³/mol. The molecule has 2 heterocycles. The molecule has 1 atom stereocenters. The highest BCUT2D eigenvalue weighted by atomic mass is 16.4. The molecule has 78 valence electrons. The summed E-state index contributed by atoms with van der Waals surface area (Å²) in [5, 5.41) is 8.99. The van der Waals surface area contributed by atoms with Gasteiger partial charge in [-0.1, -0.05) is 6.07 Å². The first-order valence-corrected chi connectivity index (χ1v) is 4.62. The number of pyridine rings is 1. The van der Waals surface area contributed by atoms with E-state index in [2.05, 4.69) is 9.98 Å². The number of hydrogen-bond donors (Lipinski definition) is 1. The smallest absolute Gasteiger partial charge is 0.409 e. The van der Waals surface area contributed by atoms with Crippen molar-refractivity contribution in [3.05, 3.63) is 30.1 Å². The second kappa shape index (κ2) is 3.68. The Balaban J connectivity index is 2.31. The standard InChI is InChI=1S/C10H11N3O2/c1-7-6-13(10(14)15)9(12-7)8-4-2-3-5-11-8/h2-5,9H,6H2,1H3,(H,14,15). The lowest BCUT2D eigenvalue weighted by Gasteiger charge is -2.18. The quantitative estimate of drug-likeness (QED) is 0.756. The number of carboxylic acid groups (broad SMARTS) is 1. The molecule has 15 heavy (non-hydrogen) atoms. The Morgan fingerprint density at radius 1 is 1.60 bits per heavy atom. The fraction of sp³-hybridized carbons (Fsp3) is 0.300. The summed E-state index contributed by atoms with van der Waals surface area (Å²) in [7, 11) is 0. The maximum absolute atomic E-state index is 11.0. The van der Waals surface area contributed by atoms with Crippen LogP contribution < -0.4 is 0 Å². The van der Waals surface area contributed by atoms with Crippen LogP contribution in [0.3, 0.4) is 0 Å². The number of nitrogens with zero attached hydrogens (tertiary/aromatic N) is 3. The van der Waals surface area contributed by atoms with Gasteiger partial charge in [-0.2, -0.15) is 0 Å². The van der Waals surface area contributed by atoms with Gasteiger partial charge >= 0.3 is 6.09 Å². The highest BCUT2D eigenvalue weighted by molar-refractivity contribution is 5.89. The Bertz CT molecular complexity index is 402. The van der Waals surface area contributed by atoms with Crippen LogP contribution in [0.1, 0.15) is 18.8 Å². The molecule has 5 nitrogen and oxygen atoms in total. The van der Waals surface area contributed by atoms with Crippen molar-refractivity contribution in [1.29, 1.82) is 0 Å². The minimum Gasteiger partial charge on any atom is -0.465 e.